The second-order valence-electron chi connectivity index (χ2n) is 4.30. The van der Waals surface area contributed by atoms with Crippen LogP contribution >= 0.6 is 15.9 Å². The molecule has 2 rings (SSSR count). The molecule has 1 heterocycles. The molecule has 0 aliphatic rings. The van der Waals surface area contributed by atoms with Crippen LogP contribution in [0.15, 0.2) is 45.5 Å². The molecule has 0 unspecified atom stereocenters. The van der Waals surface area contributed by atoms with Crippen molar-refractivity contribution in [1.82, 2.24) is 4.90 Å². The third-order valence-corrected chi connectivity index (χ3v) is 3.30. The fraction of sp³-hybridized carbons (Fsp3) is 0.286. The van der Waals surface area contributed by atoms with Crippen molar-refractivity contribution in [2.24, 2.45) is 0 Å². The van der Waals surface area contributed by atoms with E-state index < -0.39 is 0 Å². The SMILES string of the molecule is Cc1occc1CN(C)Cc1ccc(Br)cc1. The smallest absolute Gasteiger partial charge is 0.105 e. The van der Waals surface area contributed by atoms with Crippen molar-refractivity contribution in [3.05, 3.63) is 58.0 Å². The zero-order valence-electron chi connectivity index (χ0n) is 10.1. The molecule has 0 amide bonds. The van der Waals surface area contributed by atoms with Gasteiger partial charge in [-0.25, -0.2) is 0 Å². The summed E-state index contributed by atoms with van der Waals surface area (Å²) in [5.41, 5.74) is 2.57. The quantitative estimate of drug-likeness (QED) is 0.848. The number of furan rings is 1. The topological polar surface area (TPSA) is 16.4 Å². The maximum atomic E-state index is 5.30. The van der Waals surface area contributed by atoms with Crippen LogP contribution in [0.3, 0.4) is 0 Å². The lowest BCUT2D eigenvalue weighted by atomic mass is 10.2. The van der Waals surface area contributed by atoms with Gasteiger partial charge in [0.2, 0.25) is 0 Å². The molecule has 0 saturated carbocycles. The predicted molar refractivity (Wildman–Crippen MR) is 72.8 cm³/mol. The van der Waals surface area contributed by atoms with Gasteiger partial charge >= 0.3 is 0 Å². The van der Waals surface area contributed by atoms with Crippen LogP contribution in [0, 0.1) is 6.92 Å². The Kier molecular flexibility index (Phi) is 4.02. The van der Waals surface area contributed by atoms with Gasteiger partial charge in [-0.15, -0.1) is 0 Å². The molecule has 0 radical (unpaired) electrons. The van der Waals surface area contributed by atoms with Crippen molar-refractivity contribution in [1.29, 1.82) is 0 Å². The Hall–Kier alpha value is -1.06. The first-order chi connectivity index (χ1) is 8.15. The van der Waals surface area contributed by atoms with Crippen molar-refractivity contribution in [2.75, 3.05) is 7.05 Å². The summed E-state index contributed by atoms with van der Waals surface area (Å²) >= 11 is 3.44. The molecular weight excluding hydrogens is 278 g/mol. The lowest BCUT2D eigenvalue weighted by Crippen LogP contribution is -2.17. The van der Waals surface area contributed by atoms with E-state index in [2.05, 4.69) is 52.1 Å². The number of halogens is 1. The number of nitrogens with zero attached hydrogens (tertiary/aromatic N) is 1. The Balaban J connectivity index is 1.95. The van der Waals surface area contributed by atoms with E-state index in [1.807, 2.05) is 13.0 Å². The van der Waals surface area contributed by atoms with Gasteiger partial charge in [0.05, 0.1) is 6.26 Å². The van der Waals surface area contributed by atoms with Gasteiger partial charge < -0.3 is 4.42 Å². The zero-order valence-corrected chi connectivity index (χ0v) is 11.7. The molecule has 90 valence electrons. The standard InChI is InChI=1S/C14H16BrNO/c1-11-13(7-8-17-11)10-16(2)9-12-3-5-14(15)6-4-12/h3-8H,9-10H2,1-2H3. The maximum Gasteiger partial charge on any atom is 0.105 e. The van der Waals surface area contributed by atoms with Crippen LogP contribution in [0.4, 0.5) is 0 Å². The Labute approximate surface area is 110 Å². The van der Waals surface area contributed by atoms with Crippen LogP contribution < -0.4 is 0 Å². The molecule has 1 aromatic carbocycles. The lowest BCUT2D eigenvalue weighted by molar-refractivity contribution is 0.316. The van der Waals surface area contributed by atoms with Crippen molar-refractivity contribution in [2.45, 2.75) is 20.0 Å². The van der Waals surface area contributed by atoms with Crippen molar-refractivity contribution >= 4 is 15.9 Å². The monoisotopic (exact) mass is 293 g/mol. The van der Waals surface area contributed by atoms with E-state index in [-0.39, 0.29) is 0 Å². The summed E-state index contributed by atoms with van der Waals surface area (Å²) in [7, 11) is 2.12. The minimum absolute atomic E-state index is 0.915. The molecule has 1 aromatic heterocycles. The first-order valence-corrected chi connectivity index (χ1v) is 6.40. The number of hydrogen-bond acceptors (Lipinski definition) is 2. The molecule has 0 bridgehead atoms. The second-order valence-corrected chi connectivity index (χ2v) is 5.22. The normalized spacial score (nSPS) is 11.1. The van der Waals surface area contributed by atoms with Gasteiger partial charge in [0.15, 0.2) is 0 Å². The van der Waals surface area contributed by atoms with Gasteiger partial charge in [0.25, 0.3) is 0 Å². The average molecular weight is 294 g/mol. The van der Waals surface area contributed by atoms with Crippen molar-refractivity contribution in [3.63, 3.8) is 0 Å². The molecule has 0 aliphatic carbocycles. The summed E-state index contributed by atoms with van der Waals surface area (Å²) in [5.74, 6) is 1.01. The van der Waals surface area contributed by atoms with Gasteiger partial charge in [0.1, 0.15) is 5.76 Å². The van der Waals surface area contributed by atoms with Gasteiger partial charge in [-0.3, -0.25) is 4.90 Å². The summed E-state index contributed by atoms with van der Waals surface area (Å²) in [6.07, 6.45) is 1.75. The van der Waals surface area contributed by atoms with E-state index in [9.17, 15) is 0 Å². The molecular formula is C14H16BrNO. The summed E-state index contributed by atoms with van der Waals surface area (Å²) in [6, 6.07) is 10.5. The van der Waals surface area contributed by atoms with Gasteiger partial charge in [-0.05, 0) is 37.7 Å². The fourth-order valence-electron chi connectivity index (χ4n) is 1.82. The van der Waals surface area contributed by atoms with Gasteiger partial charge in [0, 0.05) is 23.1 Å². The summed E-state index contributed by atoms with van der Waals surface area (Å²) < 4.78 is 6.42. The Morgan fingerprint density at radius 3 is 2.41 bits per heavy atom. The number of benzene rings is 1. The highest BCUT2D eigenvalue weighted by Gasteiger charge is 2.05. The summed E-state index contributed by atoms with van der Waals surface area (Å²) in [4.78, 5) is 2.28. The van der Waals surface area contributed by atoms with Crippen LogP contribution in [0.2, 0.25) is 0 Å². The van der Waals surface area contributed by atoms with Crippen LogP contribution in [0.5, 0.6) is 0 Å². The molecule has 0 spiro atoms. The third kappa shape index (κ3) is 3.45. The maximum absolute atomic E-state index is 5.30. The highest BCUT2D eigenvalue weighted by atomic mass is 79.9. The molecule has 0 N–H and O–H groups in total. The predicted octanol–water partition coefficient (Wildman–Crippen LogP) is 3.98. The van der Waals surface area contributed by atoms with E-state index in [0.717, 1.165) is 23.3 Å². The number of aryl methyl sites for hydroxylation is 1. The van der Waals surface area contributed by atoms with Gasteiger partial charge in [-0.2, -0.15) is 0 Å². The van der Waals surface area contributed by atoms with Gasteiger partial charge in [-0.1, -0.05) is 28.1 Å². The van der Waals surface area contributed by atoms with Crippen LogP contribution in [-0.2, 0) is 13.1 Å². The molecule has 17 heavy (non-hydrogen) atoms. The average Bonchev–Trinajstić information content (AvgIpc) is 2.68. The van der Waals surface area contributed by atoms with E-state index in [1.165, 1.54) is 11.1 Å². The lowest BCUT2D eigenvalue weighted by Gasteiger charge is -2.16. The summed E-state index contributed by atoms with van der Waals surface area (Å²) in [6.45, 7) is 3.86. The largest absolute Gasteiger partial charge is 0.469 e. The number of hydrogen-bond donors (Lipinski definition) is 0. The molecule has 3 heteroatoms. The third-order valence-electron chi connectivity index (χ3n) is 2.77. The van der Waals surface area contributed by atoms with E-state index in [1.54, 1.807) is 6.26 Å². The molecule has 2 aromatic rings. The minimum atomic E-state index is 0.915. The first-order valence-electron chi connectivity index (χ1n) is 5.61. The van der Waals surface area contributed by atoms with Crippen LogP contribution in [0.1, 0.15) is 16.9 Å². The Morgan fingerprint density at radius 1 is 1.12 bits per heavy atom. The fourth-order valence-corrected chi connectivity index (χ4v) is 2.09. The molecule has 0 atom stereocenters. The Morgan fingerprint density at radius 2 is 1.82 bits per heavy atom. The summed E-state index contributed by atoms with van der Waals surface area (Å²) in [5, 5.41) is 0. The minimum Gasteiger partial charge on any atom is -0.469 e. The molecule has 2 nitrogen and oxygen atoms in total. The van der Waals surface area contributed by atoms with Crippen LogP contribution in [0.25, 0.3) is 0 Å². The molecule has 0 saturated heterocycles. The number of rotatable bonds is 4. The second kappa shape index (κ2) is 5.52. The van der Waals surface area contributed by atoms with E-state index >= 15 is 0 Å². The zero-order chi connectivity index (χ0) is 12.3. The van der Waals surface area contributed by atoms with Crippen molar-refractivity contribution in [3.8, 4) is 0 Å². The Bertz CT molecular complexity index is 475. The van der Waals surface area contributed by atoms with E-state index in [4.69, 9.17) is 4.42 Å². The first kappa shape index (κ1) is 12.4. The van der Waals surface area contributed by atoms with Crippen molar-refractivity contribution < 1.29 is 4.42 Å². The highest BCUT2D eigenvalue weighted by Crippen LogP contribution is 2.15. The van der Waals surface area contributed by atoms with Crippen LogP contribution in [-0.4, -0.2) is 11.9 Å². The molecule has 0 aliphatic heterocycles. The molecule has 0 fully saturated rings. The van der Waals surface area contributed by atoms with E-state index in [0.29, 0.717) is 0 Å². The highest BCUT2D eigenvalue weighted by molar-refractivity contribution is 9.10.